The van der Waals surface area contributed by atoms with Crippen LogP contribution in [0.5, 0.6) is 0 Å². The van der Waals surface area contributed by atoms with Gasteiger partial charge in [0.1, 0.15) is 0 Å². The minimum Gasteiger partial charge on any atom is -0.312 e. The van der Waals surface area contributed by atoms with Gasteiger partial charge in [0.2, 0.25) is 0 Å². The van der Waals surface area contributed by atoms with Crippen LogP contribution in [0.25, 0.3) is 0 Å². The van der Waals surface area contributed by atoms with Gasteiger partial charge in [-0.15, -0.1) is 0 Å². The first-order valence-electron chi connectivity index (χ1n) is 2.26. The van der Waals surface area contributed by atoms with Gasteiger partial charge in [0.05, 0.1) is 6.17 Å². The van der Waals surface area contributed by atoms with Crippen molar-refractivity contribution in [3.63, 3.8) is 0 Å². The molecule has 0 radical (unpaired) electrons. The molecular weight excluding hydrogens is 88.1 g/mol. The summed E-state index contributed by atoms with van der Waals surface area (Å²) in [5.41, 5.74) is 6.37. The number of rotatable bonds is 2. The van der Waals surface area contributed by atoms with Gasteiger partial charge in [-0.1, -0.05) is 6.58 Å². The summed E-state index contributed by atoms with van der Waals surface area (Å²) in [6, 6.07) is 0. The molecule has 0 bridgehead atoms. The zero-order valence-electron chi connectivity index (χ0n) is 4.86. The fourth-order valence-electron chi connectivity index (χ4n) is 0.246. The summed E-state index contributed by atoms with van der Waals surface area (Å²) in [6.07, 6.45) is -0.0417. The van der Waals surface area contributed by atoms with Gasteiger partial charge < -0.3 is 11.1 Å². The summed E-state index contributed by atoms with van der Waals surface area (Å²) >= 11 is 0. The molecule has 0 saturated heterocycles. The maximum atomic E-state index is 5.41. The van der Waals surface area contributed by atoms with E-state index in [9.17, 15) is 0 Å². The largest absolute Gasteiger partial charge is 0.312 e. The molecule has 3 N–H and O–H groups in total. The van der Waals surface area contributed by atoms with Crippen molar-refractivity contribution in [2.24, 2.45) is 5.73 Å². The van der Waals surface area contributed by atoms with Crippen LogP contribution in [0.15, 0.2) is 12.2 Å². The lowest BCUT2D eigenvalue weighted by Gasteiger charge is -2.06. The number of hydrogen-bond acceptors (Lipinski definition) is 2. The second-order valence-corrected chi connectivity index (χ2v) is 1.61. The standard InChI is InChI=1S/C5H12N2/c1-4(2)5(6)7-3/h5,7H,1,6H2,2-3H3/t5-/m1/s1. The topological polar surface area (TPSA) is 38.0 Å². The first-order chi connectivity index (χ1) is 3.18. The van der Waals surface area contributed by atoms with Gasteiger partial charge in [-0.25, -0.2) is 0 Å². The quantitative estimate of drug-likeness (QED) is 0.380. The average molecular weight is 100 g/mol. The van der Waals surface area contributed by atoms with Crippen molar-refractivity contribution in [2.45, 2.75) is 13.1 Å². The lowest BCUT2D eigenvalue weighted by atomic mass is 10.3. The molecule has 0 unspecified atom stereocenters. The third kappa shape index (κ3) is 2.37. The maximum Gasteiger partial charge on any atom is 0.0761 e. The van der Waals surface area contributed by atoms with Crippen LogP contribution in [0.4, 0.5) is 0 Å². The molecular formula is C5H12N2. The maximum absolute atomic E-state index is 5.41. The minimum atomic E-state index is -0.0417. The van der Waals surface area contributed by atoms with Gasteiger partial charge in [-0.2, -0.15) is 0 Å². The molecule has 0 rings (SSSR count). The molecule has 0 aliphatic rings. The lowest BCUT2D eigenvalue weighted by Crippen LogP contribution is -2.34. The van der Waals surface area contributed by atoms with E-state index in [4.69, 9.17) is 5.73 Å². The highest BCUT2D eigenvalue weighted by molar-refractivity contribution is 4.96. The number of nitrogens with two attached hydrogens (primary N) is 1. The van der Waals surface area contributed by atoms with E-state index in [-0.39, 0.29) is 6.17 Å². The summed E-state index contributed by atoms with van der Waals surface area (Å²) in [5.74, 6) is 0. The van der Waals surface area contributed by atoms with Crippen molar-refractivity contribution < 1.29 is 0 Å². The van der Waals surface area contributed by atoms with Gasteiger partial charge in [-0.05, 0) is 19.5 Å². The van der Waals surface area contributed by atoms with Crippen molar-refractivity contribution in [3.05, 3.63) is 12.2 Å². The van der Waals surface area contributed by atoms with E-state index in [2.05, 4.69) is 11.9 Å². The molecule has 0 heterocycles. The molecule has 0 spiro atoms. The molecule has 0 aliphatic heterocycles. The highest BCUT2D eigenvalue weighted by Gasteiger charge is 1.93. The van der Waals surface area contributed by atoms with E-state index in [1.165, 1.54) is 0 Å². The van der Waals surface area contributed by atoms with Crippen LogP contribution in [-0.4, -0.2) is 13.2 Å². The fourth-order valence-corrected chi connectivity index (χ4v) is 0.246. The molecule has 0 saturated carbocycles. The Morgan fingerprint density at radius 1 is 1.86 bits per heavy atom. The van der Waals surface area contributed by atoms with Gasteiger partial charge in [0.15, 0.2) is 0 Å². The smallest absolute Gasteiger partial charge is 0.0761 e. The SMILES string of the molecule is C=C(C)[C@H](N)NC. The third-order valence-corrected chi connectivity index (χ3v) is 0.842. The molecule has 0 aromatic heterocycles. The summed E-state index contributed by atoms with van der Waals surface area (Å²) in [7, 11) is 1.80. The average Bonchev–Trinajstić information content (AvgIpc) is 1.65. The molecule has 0 aromatic rings. The van der Waals surface area contributed by atoms with Crippen molar-refractivity contribution in [1.29, 1.82) is 0 Å². The number of hydrogen-bond donors (Lipinski definition) is 2. The first-order valence-corrected chi connectivity index (χ1v) is 2.26. The van der Waals surface area contributed by atoms with E-state index in [0.717, 1.165) is 5.57 Å². The van der Waals surface area contributed by atoms with Crippen LogP contribution in [0.2, 0.25) is 0 Å². The highest BCUT2D eigenvalue weighted by Crippen LogP contribution is 1.85. The van der Waals surface area contributed by atoms with Crippen LogP contribution in [0.1, 0.15) is 6.92 Å². The predicted molar refractivity (Wildman–Crippen MR) is 31.8 cm³/mol. The van der Waals surface area contributed by atoms with Crippen LogP contribution in [0.3, 0.4) is 0 Å². The predicted octanol–water partition coefficient (Wildman–Crippen LogP) is 0.0667. The summed E-state index contributed by atoms with van der Waals surface area (Å²) in [6.45, 7) is 5.53. The van der Waals surface area contributed by atoms with Crippen LogP contribution in [-0.2, 0) is 0 Å². The van der Waals surface area contributed by atoms with E-state index < -0.39 is 0 Å². The zero-order chi connectivity index (χ0) is 5.86. The third-order valence-electron chi connectivity index (χ3n) is 0.842. The molecule has 0 fully saturated rings. The summed E-state index contributed by atoms with van der Waals surface area (Å²) in [5, 5.41) is 2.84. The van der Waals surface area contributed by atoms with Crippen LogP contribution in [0, 0.1) is 0 Å². The van der Waals surface area contributed by atoms with Gasteiger partial charge in [-0.3, -0.25) is 0 Å². The Bertz CT molecular complexity index is 68.5. The lowest BCUT2D eigenvalue weighted by molar-refractivity contribution is 0.665. The molecule has 7 heavy (non-hydrogen) atoms. The van der Waals surface area contributed by atoms with Crippen molar-refractivity contribution in [2.75, 3.05) is 7.05 Å². The summed E-state index contributed by atoms with van der Waals surface area (Å²) < 4.78 is 0. The Morgan fingerprint density at radius 2 is 2.29 bits per heavy atom. The summed E-state index contributed by atoms with van der Waals surface area (Å²) in [4.78, 5) is 0. The van der Waals surface area contributed by atoms with Crippen LogP contribution >= 0.6 is 0 Å². The Hall–Kier alpha value is -0.340. The van der Waals surface area contributed by atoms with Gasteiger partial charge in [0, 0.05) is 0 Å². The molecule has 1 atom stereocenters. The van der Waals surface area contributed by atoms with Crippen molar-refractivity contribution >= 4 is 0 Å². The number of likely N-dealkylation sites (N-methyl/N-ethyl adjacent to an activating group) is 1. The molecule has 42 valence electrons. The van der Waals surface area contributed by atoms with E-state index in [1.807, 2.05) is 6.92 Å². The van der Waals surface area contributed by atoms with E-state index in [1.54, 1.807) is 7.05 Å². The van der Waals surface area contributed by atoms with E-state index >= 15 is 0 Å². The van der Waals surface area contributed by atoms with Gasteiger partial charge >= 0.3 is 0 Å². The van der Waals surface area contributed by atoms with E-state index in [0.29, 0.717) is 0 Å². The normalized spacial score (nSPS) is 13.6. The Kier molecular flexibility index (Phi) is 2.64. The Morgan fingerprint density at radius 3 is 2.29 bits per heavy atom. The first kappa shape index (κ1) is 6.66. The molecule has 2 heteroatoms. The Labute approximate surface area is 44.4 Å². The van der Waals surface area contributed by atoms with Crippen molar-refractivity contribution in [3.8, 4) is 0 Å². The number of nitrogens with one attached hydrogen (secondary N) is 1. The second kappa shape index (κ2) is 2.77. The van der Waals surface area contributed by atoms with Crippen LogP contribution < -0.4 is 11.1 Å². The Balaban J connectivity index is 3.34. The molecule has 0 aliphatic carbocycles. The molecule has 0 amide bonds. The monoisotopic (exact) mass is 100 g/mol. The zero-order valence-corrected chi connectivity index (χ0v) is 4.86. The molecule has 0 aromatic carbocycles. The minimum absolute atomic E-state index is 0.0417. The second-order valence-electron chi connectivity index (χ2n) is 1.61. The molecule has 2 nitrogen and oxygen atoms in total. The highest BCUT2D eigenvalue weighted by atomic mass is 15.0. The van der Waals surface area contributed by atoms with Gasteiger partial charge in [0.25, 0.3) is 0 Å². The van der Waals surface area contributed by atoms with Crippen molar-refractivity contribution in [1.82, 2.24) is 5.32 Å². The fraction of sp³-hybridized carbons (Fsp3) is 0.600.